The van der Waals surface area contributed by atoms with Crippen LogP contribution in [-0.4, -0.2) is 39.9 Å². The van der Waals surface area contributed by atoms with Crippen molar-refractivity contribution in [3.8, 4) is 0 Å². The fourth-order valence-electron chi connectivity index (χ4n) is 2.47. The average Bonchev–Trinajstić information content (AvgIpc) is 2.67. The Labute approximate surface area is 106 Å². The molecule has 3 rings (SSSR count). The molecule has 3 heterocycles. The van der Waals surface area contributed by atoms with E-state index in [-0.39, 0.29) is 5.60 Å². The molecular formula is C13H18N4O. The summed E-state index contributed by atoms with van der Waals surface area (Å²) in [6, 6.07) is 2.07. The number of ether oxygens (including phenoxy) is 1. The molecule has 0 saturated carbocycles. The van der Waals surface area contributed by atoms with Gasteiger partial charge in [0.15, 0.2) is 5.82 Å². The topological polar surface area (TPSA) is 42.7 Å². The number of nitrogens with zero attached hydrogens (tertiary/aromatic N) is 4. The first-order chi connectivity index (χ1) is 8.55. The van der Waals surface area contributed by atoms with E-state index in [2.05, 4.69) is 34.9 Å². The third-order valence-electron chi connectivity index (χ3n) is 3.22. The van der Waals surface area contributed by atoms with E-state index in [9.17, 15) is 0 Å². The number of morpholine rings is 1. The summed E-state index contributed by atoms with van der Waals surface area (Å²) >= 11 is 0. The molecule has 18 heavy (non-hydrogen) atoms. The predicted octanol–water partition coefficient (Wildman–Crippen LogP) is 1.65. The molecule has 5 heteroatoms. The molecule has 1 saturated heterocycles. The van der Waals surface area contributed by atoms with E-state index in [4.69, 9.17) is 4.74 Å². The molecule has 0 N–H and O–H groups in total. The number of anilines is 1. The van der Waals surface area contributed by atoms with Crippen molar-refractivity contribution in [2.45, 2.75) is 26.4 Å². The summed E-state index contributed by atoms with van der Waals surface area (Å²) in [4.78, 5) is 6.80. The number of hydrogen-bond acceptors (Lipinski definition) is 4. The second kappa shape index (κ2) is 3.95. The first-order valence-corrected chi connectivity index (χ1v) is 6.25. The average molecular weight is 246 g/mol. The molecule has 0 aromatic carbocycles. The Morgan fingerprint density at radius 1 is 1.39 bits per heavy atom. The summed E-state index contributed by atoms with van der Waals surface area (Å²) in [6.45, 7) is 8.69. The van der Waals surface area contributed by atoms with Gasteiger partial charge in [-0.2, -0.15) is 5.10 Å². The summed E-state index contributed by atoms with van der Waals surface area (Å²) < 4.78 is 7.63. The van der Waals surface area contributed by atoms with Gasteiger partial charge < -0.3 is 9.64 Å². The van der Waals surface area contributed by atoms with Crippen LogP contribution in [0.15, 0.2) is 18.5 Å². The van der Waals surface area contributed by atoms with Crippen molar-refractivity contribution in [1.82, 2.24) is 14.6 Å². The van der Waals surface area contributed by atoms with Gasteiger partial charge in [-0.1, -0.05) is 0 Å². The van der Waals surface area contributed by atoms with E-state index in [1.54, 1.807) is 6.20 Å². The van der Waals surface area contributed by atoms with Crippen molar-refractivity contribution in [3.05, 3.63) is 24.2 Å². The number of aryl methyl sites for hydroxylation is 1. The Kier molecular flexibility index (Phi) is 2.52. The van der Waals surface area contributed by atoms with E-state index >= 15 is 0 Å². The molecule has 1 aliphatic heterocycles. The van der Waals surface area contributed by atoms with Gasteiger partial charge in [0.25, 0.3) is 0 Å². The quantitative estimate of drug-likeness (QED) is 0.767. The summed E-state index contributed by atoms with van der Waals surface area (Å²) in [7, 11) is 0. The smallest absolute Gasteiger partial charge is 0.154 e. The summed E-state index contributed by atoms with van der Waals surface area (Å²) in [6.07, 6.45) is 3.69. The number of aromatic nitrogens is 3. The highest BCUT2D eigenvalue weighted by Crippen LogP contribution is 2.25. The second-order valence-corrected chi connectivity index (χ2v) is 5.40. The molecule has 0 radical (unpaired) electrons. The molecule has 96 valence electrons. The maximum Gasteiger partial charge on any atom is 0.154 e. The molecule has 0 aliphatic carbocycles. The van der Waals surface area contributed by atoms with Crippen LogP contribution in [0.4, 0.5) is 5.82 Å². The van der Waals surface area contributed by atoms with E-state index in [1.807, 2.05) is 17.6 Å². The van der Waals surface area contributed by atoms with Crippen LogP contribution in [-0.2, 0) is 4.74 Å². The highest BCUT2D eigenvalue weighted by molar-refractivity contribution is 5.69. The molecule has 2 aromatic heterocycles. The van der Waals surface area contributed by atoms with E-state index in [1.165, 1.54) is 0 Å². The first kappa shape index (κ1) is 11.5. The van der Waals surface area contributed by atoms with Crippen LogP contribution in [0.2, 0.25) is 0 Å². The molecular weight excluding hydrogens is 228 g/mol. The highest BCUT2D eigenvalue weighted by atomic mass is 16.5. The molecule has 1 aliphatic rings. The largest absolute Gasteiger partial charge is 0.372 e. The fourth-order valence-corrected chi connectivity index (χ4v) is 2.47. The van der Waals surface area contributed by atoms with E-state index in [0.717, 1.165) is 36.7 Å². The Morgan fingerprint density at radius 3 is 3.00 bits per heavy atom. The minimum absolute atomic E-state index is 0.123. The molecule has 2 aromatic rings. The van der Waals surface area contributed by atoms with Crippen LogP contribution in [0, 0.1) is 6.92 Å². The van der Waals surface area contributed by atoms with Gasteiger partial charge in [-0.25, -0.2) is 9.50 Å². The minimum Gasteiger partial charge on any atom is -0.372 e. The number of rotatable bonds is 1. The molecule has 5 nitrogen and oxygen atoms in total. The Balaban J connectivity index is 2.03. The third kappa shape index (κ3) is 1.95. The fraction of sp³-hybridized carbons (Fsp3) is 0.538. The second-order valence-electron chi connectivity index (χ2n) is 5.40. The van der Waals surface area contributed by atoms with Crippen molar-refractivity contribution in [2.75, 3.05) is 24.6 Å². The zero-order valence-electron chi connectivity index (χ0n) is 11.1. The Hall–Kier alpha value is -1.62. The number of fused-ring (bicyclic) bond motifs is 1. The SMILES string of the molecule is Cc1cc2c(N3CCOC(C)(C)C3)nccn2n1. The first-order valence-electron chi connectivity index (χ1n) is 6.25. The molecule has 0 amide bonds. The molecule has 0 bridgehead atoms. The van der Waals surface area contributed by atoms with Gasteiger partial charge >= 0.3 is 0 Å². The lowest BCUT2D eigenvalue weighted by atomic mass is 10.1. The Morgan fingerprint density at radius 2 is 2.22 bits per heavy atom. The highest BCUT2D eigenvalue weighted by Gasteiger charge is 2.28. The van der Waals surface area contributed by atoms with Crippen LogP contribution in [0.3, 0.4) is 0 Å². The third-order valence-corrected chi connectivity index (χ3v) is 3.22. The van der Waals surface area contributed by atoms with Gasteiger partial charge in [-0.15, -0.1) is 0 Å². The Bertz CT molecular complexity index is 575. The van der Waals surface area contributed by atoms with Crippen molar-refractivity contribution < 1.29 is 4.74 Å². The molecule has 1 fully saturated rings. The predicted molar refractivity (Wildman–Crippen MR) is 70.0 cm³/mol. The van der Waals surface area contributed by atoms with Gasteiger partial charge in [-0.05, 0) is 26.8 Å². The summed E-state index contributed by atoms with van der Waals surface area (Å²) in [5, 5.41) is 4.42. The normalized spacial score (nSPS) is 19.4. The van der Waals surface area contributed by atoms with Gasteiger partial charge in [0.05, 0.1) is 17.9 Å². The van der Waals surface area contributed by atoms with Crippen LogP contribution in [0.5, 0.6) is 0 Å². The molecule has 0 atom stereocenters. The van der Waals surface area contributed by atoms with Crippen LogP contribution >= 0.6 is 0 Å². The van der Waals surface area contributed by atoms with E-state index in [0.29, 0.717) is 0 Å². The standard InChI is InChI=1S/C13H18N4O/c1-10-8-11-12(14-4-5-17(11)15-10)16-6-7-18-13(2,3)9-16/h4-5,8H,6-7,9H2,1-3H3. The van der Waals surface area contributed by atoms with Crippen molar-refractivity contribution in [3.63, 3.8) is 0 Å². The van der Waals surface area contributed by atoms with Crippen molar-refractivity contribution in [1.29, 1.82) is 0 Å². The van der Waals surface area contributed by atoms with Gasteiger partial charge in [-0.3, -0.25) is 0 Å². The maximum absolute atomic E-state index is 5.74. The summed E-state index contributed by atoms with van der Waals surface area (Å²) in [5.74, 6) is 0.995. The van der Waals surface area contributed by atoms with Gasteiger partial charge in [0.1, 0.15) is 5.52 Å². The lowest BCUT2D eigenvalue weighted by molar-refractivity contribution is -0.0278. The minimum atomic E-state index is -0.123. The zero-order valence-corrected chi connectivity index (χ0v) is 11.1. The molecule has 0 unspecified atom stereocenters. The zero-order chi connectivity index (χ0) is 12.8. The van der Waals surface area contributed by atoms with E-state index < -0.39 is 0 Å². The lowest BCUT2D eigenvalue weighted by Gasteiger charge is -2.38. The van der Waals surface area contributed by atoms with Crippen molar-refractivity contribution >= 4 is 11.3 Å². The lowest BCUT2D eigenvalue weighted by Crippen LogP contribution is -2.48. The molecule has 0 spiro atoms. The van der Waals surface area contributed by atoms with Crippen LogP contribution in [0.1, 0.15) is 19.5 Å². The van der Waals surface area contributed by atoms with Crippen LogP contribution < -0.4 is 4.90 Å². The summed E-state index contributed by atoms with van der Waals surface area (Å²) in [5.41, 5.74) is 1.95. The monoisotopic (exact) mass is 246 g/mol. The van der Waals surface area contributed by atoms with Gasteiger partial charge in [0, 0.05) is 25.5 Å². The van der Waals surface area contributed by atoms with Gasteiger partial charge in [0.2, 0.25) is 0 Å². The number of hydrogen-bond donors (Lipinski definition) is 0. The van der Waals surface area contributed by atoms with Crippen LogP contribution in [0.25, 0.3) is 5.52 Å². The maximum atomic E-state index is 5.74. The van der Waals surface area contributed by atoms with Crippen molar-refractivity contribution in [2.24, 2.45) is 0 Å².